The second kappa shape index (κ2) is 6.90. The van der Waals surface area contributed by atoms with Crippen molar-refractivity contribution in [1.82, 2.24) is 10.3 Å². The molecule has 0 aromatic carbocycles. The fraction of sp³-hybridized carbons (Fsp3) is 0.462. The van der Waals surface area contributed by atoms with E-state index in [-0.39, 0.29) is 22.3 Å². The zero-order valence-corrected chi connectivity index (χ0v) is 12.8. The van der Waals surface area contributed by atoms with E-state index in [4.69, 9.17) is 23.2 Å². The first-order valence-electron chi connectivity index (χ1n) is 6.19. The second-order valence-electron chi connectivity index (χ2n) is 4.46. The quantitative estimate of drug-likeness (QED) is 0.790. The van der Waals surface area contributed by atoms with Gasteiger partial charge in [0.15, 0.2) is 0 Å². The highest BCUT2D eigenvalue weighted by Crippen LogP contribution is 2.26. The van der Waals surface area contributed by atoms with Crippen LogP contribution in [0.3, 0.4) is 0 Å². The van der Waals surface area contributed by atoms with Gasteiger partial charge in [0, 0.05) is 12.7 Å². The van der Waals surface area contributed by atoms with Crippen LogP contribution in [0.1, 0.15) is 37.0 Å². The number of rotatable bonds is 6. The Morgan fingerprint density at radius 1 is 1.35 bits per heavy atom. The number of carboxylic acids is 1. The smallest absolute Gasteiger partial charge is 0.311 e. The Morgan fingerprint density at radius 2 is 1.95 bits per heavy atom. The van der Waals surface area contributed by atoms with Crippen LogP contribution in [0.15, 0.2) is 12.3 Å². The summed E-state index contributed by atoms with van der Waals surface area (Å²) in [6, 6.07) is 1.35. The third kappa shape index (κ3) is 3.61. The van der Waals surface area contributed by atoms with Crippen molar-refractivity contribution >= 4 is 35.1 Å². The van der Waals surface area contributed by atoms with Gasteiger partial charge < -0.3 is 10.4 Å². The lowest BCUT2D eigenvalue weighted by Crippen LogP contribution is -2.42. The minimum absolute atomic E-state index is 0.0322. The van der Waals surface area contributed by atoms with Gasteiger partial charge in [0.25, 0.3) is 5.91 Å². The molecule has 5 nitrogen and oxygen atoms in total. The summed E-state index contributed by atoms with van der Waals surface area (Å²) in [5, 5.41) is 12.2. The third-order valence-electron chi connectivity index (χ3n) is 3.46. The highest BCUT2D eigenvalue weighted by Gasteiger charge is 2.35. The van der Waals surface area contributed by atoms with Gasteiger partial charge in [-0.15, -0.1) is 0 Å². The molecule has 0 bridgehead atoms. The van der Waals surface area contributed by atoms with Crippen molar-refractivity contribution in [3.05, 3.63) is 28.0 Å². The van der Waals surface area contributed by atoms with Crippen LogP contribution in [-0.2, 0) is 4.79 Å². The molecule has 1 rings (SSSR count). The number of aromatic nitrogens is 1. The average molecular weight is 319 g/mol. The van der Waals surface area contributed by atoms with Gasteiger partial charge in [-0.2, -0.15) is 0 Å². The number of carbonyl (C=O) groups is 2. The summed E-state index contributed by atoms with van der Waals surface area (Å²) in [6.45, 7) is 3.59. The Hall–Kier alpha value is -1.33. The minimum atomic E-state index is -0.973. The lowest BCUT2D eigenvalue weighted by atomic mass is 9.82. The monoisotopic (exact) mass is 318 g/mol. The van der Waals surface area contributed by atoms with Crippen molar-refractivity contribution in [3.63, 3.8) is 0 Å². The number of hydrogen-bond acceptors (Lipinski definition) is 3. The second-order valence-corrected chi connectivity index (χ2v) is 5.26. The van der Waals surface area contributed by atoms with Gasteiger partial charge in [0.05, 0.1) is 16.0 Å². The molecule has 1 aromatic rings. The van der Waals surface area contributed by atoms with E-state index in [1.54, 1.807) is 13.8 Å². The molecule has 1 aromatic heterocycles. The number of nitrogens with zero attached hydrogens (tertiary/aromatic N) is 1. The molecule has 0 spiro atoms. The first-order chi connectivity index (χ1) is 9.36. The highest BCUT2D eigenvalue weighted by atomic mass is 35.5. The summed E-state index contributed by atoms with van der Waals surface area (Å²) in [5.41, 5.74) is -0.794. The fourth-order valence-electron chi connectivity index (χ4n) is 1.81. The maximum atomic E-state index is 12.0. The van der Waals surface area contributed by atoms with Crippen LogP contribution < -0.4 is 5.32 Å². The molecule has 0 fully saturated rings. The molecule has 0 aliphatic rings. The maximum absolute atomic E-state index is 12.0. The van der Waals surface area contributed by atoms with Crippen molar-refractivity contribution in [2.75, 3.05) is 6.54 Å². The Bertz CT molecular complexity index is 516. The Kier molecular flexibility index (Phi) is 5.77. The zero-order chi connectivity index (χ0) is 15.3. The van der Waals surface area contributed by atoms with Gasteiger partial charge in [-0.05, 0) is 18.9 Å². The zero-order valence-electron chi connectivity index (χ0n) is 11.2. The van der Waals surface area contributed by atoms with E-state index in [1.807, 2.05) is 0 Å². The van der Waals surface area contributed by atoms with E-state index in [0.29, 0.717) is 12.8 Å². The molecular formula is C13H16Cl2N2O3. The fourth-order valence-corrected chi connectivity index (χ4v) is 2.16. The van der Waals surface area contributed by atoms with Gasteiger partial charge in [-0.3, -0.25) is 9.59 Å². The molecule has 0 saturated heterocycles. The Morgan fingerprint density at radius 3 is 2.45 bits per heavy atom. The van der Waals surface area contributed by atoms with Crippen molar-refractivity contribution in [2.24, 2.45) is 5.41 Å². The van der Waals surface area contributed by atoms with E-state index < -0.39 is 17.3 Å². The molecule has 0 aliphatic carbocycles. The molecule has 0 atom stereocenters. The van der Waals surface area contributed by atoms with Crippen molar-refractivity contribution in [1.29, 1.82) is 0 Å². The molecule has 7 heteroatoms. The normalized spacial score (nSPS) is 11.2. The van der Waals surface area contributed by atoms with Gasteiger partial charge in [0.2, 0.25) is 0 Å². The van der Waals surface area contributed by atoms with Crippen LogP contribution in [0, 0.1) is 5.41 Å². The van der Waals surface area contributed by atoms with Crippen LogP contribution in [0.2, 0.25) is 10.2 Å². The van der Waals surface area contributed by atoms with Crippen LogP contribution >= 0.6 is 23.2 Å². The number of nitrogens with one attached hydrogen (secondary N) is 1. The predicted octanol–water partition coefficient (Wildman–Crippen LogP) is 3.01. The molecule has 2 N–H and O–H groups in total. The lowest BCUT2D eigenvalue weighted by Gasteiger charge is -2.26. The number of amides is 1. The van der Waals surface area contributed by atoms with Gasteiger partial charge in [0.1, 0.15) is 5.15 Å². The Labute approximate surface area is 127 Å². The summed E-state index contributed by atoms with van der Waals surface area (Å²) in [4.78, 5) is 27.1. The standard InChI is InChI=1S/C13H16Cl2N2O3/c1-3-13(4-2,12(19)20)7-17-11(18)8-5-10(15)16-6-9(8)14/h5-6H,3-4,7H2,1-2H3,(H,17,18)(H,19,20). The van der Waals surface area contributed by atoms with Gasteiger partial charge >= 0.3 is 5.97 Å². The topological polar surface area (TPSA) is 79.3 Å². The number of halogens is 2. The minimum Gasteiger partial charge on any atom is -0.481 e. The van der Waals surface area contributed by atoms with E-state index in [2.05, 4.69) is 10.3 Å². The van der Waals surface area contributed by atoms with E-state index in [1.165, 1.54) is 12.3 Å². The number of pyridine rings is 1. The molecule has 0 radical (unpaired) electrons. The number of carboxylic acid groups (broad SMARTS) is 1. The number of carbonyl (C=O) groups excluding carboxylic acids is 1. The summed E-state index contributed by atoms with van der Waals surface area (Å²) in [7, 11) is 0. The first-order valence-corrected chi connectivity index (χ1v) is 6.94. The highest BCUT2D eigenvalue weighted by molar-refractivity contribution is 6.35. The summed E-state index contributed by atoms with van der Waals surface area (Å²) >= 11 is 11.6. The molecule has 1 heterocycles. The van der Waals surface area contributed by atoms with Crippen molar-refractivity contribution in [2.45, 2.75) is 26.7 Å². The molecule has 0 aliphatic heterocycles. The lowest BCUT2D eigenvalue weighted by molar-refractivity contribution is -0.149. The van der Waals surface area contributed by atoms with Gasteiger partial charge in [-0.25, -0.2) is 4.98 Å². The molecule has 0 saturated carbocycles. The summed E-state index contributed by atoms with van der Waals surface area (Å²) in [5.74, 6) is -1.39. The largest absolute Gasteiger partial charge is 0.481 e. The summed E-state index contributed by atoms with van der Waals surface area (Å²) in [6.07, 6.45) is 2.12. The molecule has 1 amide bonds. The third-order valence-corrected chi connectivity index (χ3v) is 3.97. The van der Waals surface area contributed by atoms with Gasteiger partial charge in [-0.1, -0.05) is 37.0 Å². The molecule has 20 heavy (non-hydrogen) atoms. The SMILES string of the molecule is CCC(CC)(CNC(=O)c1cc(Cl)ncc1Cl)C(=O)O. The molecule has 0 unspecified atom stereocenters. The first kappa shape index (κ1) is 16.7. The van der Waals surface area contributed by atoms with Crippen molar-refractivity contribution in [3.8, 4) is 0 Å². The Balaban J connectivity index is 2.86. The van der Waals surface area contributed by atoms with Crippen molar-refractivity contribution < 1.29 is 14.7 Å². The van der Waals surface area contributed by atoms with E-state index in [9.17, 15) is 14.7 Å². The van der Waals surface area contributed by atoms with Crippen LogP contribution in [0.5, 0.6) is 0 Å². The number of hydrogen-bond donors (Lipinski definition) is 2. The molecular weight excluding hydrogens is 303 g/mol. The van der Waals surface area contributed by atoms with E-state index >= 15 is 0 Å². The predicted molar refractivity (Wildman–Crippen MR) is 77.2 cm³/mol. The van der Waals surface area contributed by atoms with Crippen LogP contribution in [0.25, 0.3) is 0 Å². The summed E-state index contributed by atoms with van der Waals surface area (Å²) < 4.78 is 0. The van der Waals surface area contributed by atoms with Crippen LogP contribution in [0.4, 0.5) is 0 Å². The molecule has 110 valence electrons. The maximum Gasteiger partial charge on any atom is 0.311 e. The average Bonchev–Trinajstić information content (AvgIpc) is 2.42. The van der Waals surface area contributed by atoms with E-state index in [0.717, 1.165) is 0 Å². The number of aliphatic carboxylic acids is 1. The van der Waals surface area contributed by atoms with Crippen LogP contribution in [-0.4, -0.2) is 28.5 Å².